The van der Waals surface area contributed by atoms with Gasteiger partial charge >= 0.3 is 0 Å². The van der Waals surface area contributed by atoms with Crippen molar-refractivity contribution in [1.82, 2.24) is 10.1 Å². The van der Waals surface area contributed by atoms with Crippen LogP contribution in [0.1, 0.15) is 40.2 Å². The predicted molar refractivity (Wildman–Crippen MR) is 83.6 cm³/mol. The van der Waals surface area contributed by atoms with Crippen LogP contribution >= 0.6 is 0 Å². The highest BCUT2D eigenvalue weighted by molar-refractivity contribution is 6.33. The van der Waals surface area contributed by atoms with E-state index in [9.17, 15) is 4.79 Å². The second kappa shape index (κ2) is 5.76. The van der Waals surface area contributed by atoms with Crippen LogP contribution in [-0.2, 0) is 19.4 Å². The van der Waals surface area contributed by atoms with Gasteiger partial charge in [-0.2, -0.15) is 0 Å². The zero-order valence-electron chi connectivity index (χ0n) is 12.6. The summed E-state index contributed by atoms with van der Waals surface area (Å²) in [6.45, 7) is 0.590. The Labute approximate surface area is 125 Å². The average Bonchev–Trinajstić information content (AvgIpc) is 2.92. The fraction of sp³-hybridized carbons (Fsp3) is 0.375. The summed E-state index contributed by atoms with van der Waals surface area (Å²) in [6.07, 6.45) is 4.03. The summed E-state index contributed by atoms with van der Waals surface area (Å²) in [4.78, 5) is 14.3. The first kappa shape index (κ1) is 13.9. The summed E-state index contributed by atoms with van der Waals surface area (Å²) in [7, 11) is 3.88. The van der Waals surface area contributed by atoms with Crippen molar-refractivity contribution in [1.29, 1.82) is 0 Å². The van der Waals surface area contributed by atoms with Crippen molar-refractivity contribution in [3.8, 4) is 0 Å². The quantitative estimate of drug-likeness (QED) is 0.791. The number of aryl methyl sites for hydroxylation is 1. The van der Waals surface area contributed by atoms with Gasteiger partial charge in [0.2, 0.25) is 0 Å². The van der Waals surface area contributed by atoms with Crippen LogP contribution in [0.2, 0.25) is 0 Å². The number of nitrogens with zero attached hydrogens (tertiary/aromatic N) is 2. The summed E-state index contributed by atoms with van der Waals surface area (Å²) in [5.41, 5.74) is 3.87. The first-order valence-corrected chi connectivity index (χ1v) is 7.44. The lowest BCUT2D eigenvalue weighted by molar-refractivity contribution is 0.0774. The molecule has 108 valence electrons. The molecule has 0 saturated heterocycles. The molecule has 0 aliphatic heterocycles. The van der Waals surface area contributed by atoms with Crippen molar-refractivity contribution in [2.24, 2.45) is 0 Å². The lowest BCUT2D eigenvalue weighted by Crippen LogP contribution is -2.29. The summed E-state index contributed by atoms with van der Waals surface area (Å²) in [6, 6.07) is 8.12. The van der Waals surface area contributed by atoms with E-state index >= 15 is 0 Å². The van der Waals surface area contributed by atoms with Gasteiger partial charge in [-0.1, -0.05) is 34.9 Å². The summed E-state index contributed by atoms with van der Waals surface area (Å²) in [5, 5.41) is 4.02. The second-order valence-corrected chi connectivity index (χ2v) is 5.73. The lowest BCUT2D eigenvalue weighted by Gasteiger charge is -2.18. The van der Waals surface area contributed by atoms with E-state index in [1.54, 1.807) is 4.90 Å². The molecule has 0 bridgehead atoms. The number of benzene rings is 1. The fourth-order valence-electron chi connectivity index (χ4n) is 2.85. The topological polar surface area (TPSA) is 46.3 Å². The van der Waals surface area contributed by atoms with Crippen molar-refractivity contribution in [2.75, 3.05) is 7.05 Å². The Hall–Kier alpha value is -2.04. The van der Waals surface area contributed by atoms with Gasteiger partial charge < -0.3 is 9.42 Å². The molecular formula is C16H19BN2O2. The average molecular weight is 282 g/mol. The van der Waals surface area contributed by atoms with E-state index in [1.165, 1.54) is 5.46 Å². The highest BCUT2D eigenvalue weighted by Crippen LogP contribution is 2.25. The van der Waals surface area contributed by atoms with Gasteiger partial charge in [0.15, 0.2) is 5.69 Å². The molecule has 0 saturated carbocycles. The van der Waals surface area contributed by atoms with Gasteiger partial charge in [0.1, 0.15) is 13.6 Å². The van der Waals surface area contributed by atoms with Crippen LogP contribution in [0.25, 0.3) is 0 Å². The molecule has 1 aromatic carbocycles. The molecular weight excluding hydrogens is 263 g/mol. The van der Waals surface area contributed by atoms with Crippen molar-refractivity contribution in [3.05, 3.63) is 46.8 Å². The third-order valence-electron chi connectivity index (χ3n) is 4.17. The zero-order valence-corrected chi connectivity index (χ0v) is 12.6. The molecule has 0 N–H and O–H groups in total. The van der Waals surface area contributed by atoms with E-state index < -0.39 is 0 Å². The van der Waals surface area contributed by atoms with Gasteiger partial charge in [0.05, 0.1) is 0 Å². The largest absolute Gasteiger partial charge is 0.360 e. The van der Waals surface area contributed by atoms with Crippen LogP contribution in [0.3, 0.4) is 0 Å². The molecule has 3 rings (SSSR count). The van der Waals surface area contributed by atoms with Crippen molar-refractivity contribution in [2.45, 2.75) is 32.2 Å². The highest BCUT2D eigenvalue weighted by atomic mass is 16.5. The second-order valence-electron chi connectivity index (χ2n) is 5.73. The number of aromatic nitrogens is 1. The van der Waals surface area contributed by atoms with Gasteiger partial charge in [-0.3, -0.25) is 4.79 Å². The Morgan fingerprint density at radius 1 is 1.33 bits per heavy atom. The molecule has 1 heterocycles. The Kier molecular flexibility index (Phi) is 3.82. The minimum atomic E-state index is -0.0508. The SMILES string of the molecule is Bc1ccccc1CN(C)C(=O)c1noc2c1CCCC2. The van der Waals surface area contributed by atoms with Gasteiger partial charge in [0.25, 0.3) is 5.91 Å². The Morgan fingerprint density at radius 2 is 2.10 bits per heavy atom. The minimum absolute atomic E-state index is 0.0508. The van der Waals surface area contributed by atoms with E-state index in [0.29, 0.717) is 12.2 Å². The summed E-state index contributed by atoms with van der Waals surface area (Å²) in [5.74, 6) is 0.846. The molecule has 21 heavy (non-hydrogen) atoms. The van der Waals surface area contributed by atoms with Crippen LogP contribution in [0.5, 0.6) is 0 Å². The molecule has 0 radical (unpaired) electrons. The first-order chi connectivity index (χ1) is 10.2. The Morgan fingerprint density at radius 3 is 2.90 bits per heavy atom. The van der Waals surface area contributed by atoms with E-state index in [4.69, 9.17) is 4.52 Å². The van der Waals surface area contributed by atoms with Gasteiger partial charge in [-0.05, 0) is 24.8 Å². The van der Waals surface area contributed by atoms with Crippen molar-refractivity contribution in [3.63, 3.8) is 0 Å². The van der Waals surface area contributed by atoms with Crippen LogP contribution < -0.4 is 5.46 Å². The Balaban J connectivity index is 1.79. The van der Waals surface area contributed by atoms with Crippen LogP contribution in [0.4, 0.5) is 0 Å². The molecule has 0 fully saturated rings. The maximum atomic E-state index is 12.6. The molecule has 1 aliphatic rings. The normalized spacial score (nSPS) is 13.8. The summed E-state index contributed by atoms with van der Waals surface area (Å²) < 4.78 is 5.33. The molecule has 0 spiro atoms. The first-order valence-electron chi connectivity index (χ1n) is 7.44. The third kappa shape index (κ3) is 2.73. The number of hydrogen-bond donors (Lipinski definition) is 0. The fourth-order valence-corrected chi connectivity index (χ4v) is 2.85. The van der Waals surface area contributed by atoms with Crippen molar-refractivity contribution < 1.29 is 9.32 Å². The molecule has 1 aromatic heterocycles. The minimum Gasteiger partial charge on any atom is -0.360 e. The lowest BCUT2D eigenvalue weighted by atomic mass is 9.90. The Bertz CT molecular complexity index is 666. The summed E-state index contributed by atoms with van der Waals surface area (Å²) >= 11 is 0. The van der Waals surface area contributed by atoms with Crippen LogP contribution in [0, 0.1) is 0 Å². The predicted octanol–water partition coefficient (Wildman–Crippen LogP) is 1.08. The molecule has 5 heteroatoms. The molecule has 0 atom stereocenters. The van der Waals surface area contributed by atoms with E-state index in [-0.39, 0.29) is 5.91 Å². The third-order valence-corrected chi connectivity index (χ3v) is 4.17. The maximum absolute atomic E-state index is 12.6. The van der Waals surface area contributed by atoms with E-state index in [0.717, 1.165) is 42.6 Å². The number of carbonyl (C=O) groups excluding carboxylic acids is 1. The molecule has 4 nitrogen and oxygen atoms in total. The van der Waals surface area contributed by atoms with Crippen LogP contribution in [-0.4, -0.2) is 30.9 Å². The van der Waals surface area contributed by atoms with E-state index in [2.05, 4.69) is 25.1 Å². The molecule has 1 aliphatic carbocycles. The van der Waals surface area contributed by atoms with E-state index in [1.807, 2.05) is 19.2 Å². The van der Waals surface area contributed by atoms with Gasteiger partial charge in [0, 0.05) is 25.6 Å². The van der Waals surface area contributed by atoms with Crippen molar-refractivity contribution >= 4 is 19.2 Å². The number of amides is 1. The monoisotopic (exact) mass is 282 g/mol. The number of fused-ring (bicyclic) bond motifs is 1. The highest BCUT2D eigenvalue weighted by Gasteiger charge is 2.26. The maximum Gasteiger partial charge on any atom is 0.276 e. The van der Waals surface area contributed by atoms with Gasteiger partial charge in [-0.25, -0.2) is 0 Å². The molecule has 2 aromatic rings. The number of carbonyl (C=O) groups is 1. The van der Waals surface area contributed by atoms with Crippen LogP contribution in [0.15, 0.2) is 28.8 Å². The smallest absolute Gasteiger partial charge is 0.276 e. The number of rotatable bonds is 3. The molecule has 0 unspecified atom stereocenters. The molecule has 1 amide bonds. The zero-order chi connectivity index (χ0) is 14.8. The van der Waals surface area contributed by atoms with Gasteiger partial charge in [-0.15, -0.1) is 0 Å². The number of hydrogen-bond acceptors (Lipinski definition) is 3. The standard InChI is InChI=1S/C16H19BN2O2/c1-19(10-11-6-2-4-8-13(11)17)16(20)15-12-7-3-5-9-14(12)21-18-15/h2,4,6,8H,3,5,7,9-10,17H2,1H3.